The topological polar surface area (TPSA) is 102 Å². The van der Waals surface area contributed by atoms with Gasteiger partial charge in [0, 0.05) is 5.56 Å². The van der Waals surface area contributed by atoms with Crippen molar-refractivity contribution in [1.29, 1.82) is 5.26 Å². The highest BCUT2D eigenvalue weighted by Crippen LogP contribution is 2.32. The molecule has 0 aliphatic carbocycles. The molecule has 0 radical (unpaired) electrons. The molecule has 4 aromatic rings. The van der Waals surface area contributed by atoms with Crippen molar-refractivity contribution in [2.24, 2.45) is 0 Å². The lowest BCUT2D eigenvalue weighted by atomic mass is 10.1. The van der Waals surface area contributed by atoms with Gasteiger partial charge in [0.15, 0.2) is 11.0 Å². The van der Waals surface area contributed by atoms with Crippen LogP contribution in [-0.2, 0) is 11.4 Å². The number of nitrogens with one attached hydrogen (secondary N) is 1. The van der Waals surface area contributed by atoms with Crippen molar-refractivity contribution >= 4 is 17.7 Å². The molecule has 0 spiro atoms. The van der Waals surface area contributed by atoms with Crippen LogP contribution in [0.15, 0.2) is 84.0 Å². The number of hydrogen-bond donors (Lipinski definition) is 1. The number of benzene rings is 3. The van der Waals surface area contributed by atoms with Crippen LogP contribution in [0.25, 0.3) is 16.8 Å². The smallest absolute Gasteiger partial charge is 0.231 e. The Morgan fingerprint density at radius 2 is 1.71 bits per heavy atom. The number of nitriles is 1. The van der Waals surface area contributed by atoms with E-state index in [9.17, 15) is 4.79 Å². The van der Waals surface area contributed by atoms with Crippen LogP contribution in [0, 0.1) is 11.3 Å². The van der Waals surface area contributed by atoms with Gasteiger partial charge in [-0.3, -0.25) is 9.36 Å². The maximum absolute atomic E-state index is 12.0. The molecule has 0 atom stereocenters. The number of methoxy groups -OCH3 is 1. The highest BCUT2D eigenvalue weighted by molar-refractivity contribution is 7.99. The van der Waals surface area contributed by atoms with Crippen molar-refractivity contribution in [2.75, 3.05) is 19.4 Å². The molecule has 35 heavy (non-hydrogen) atoms. The summed E-state index contributed by atoms with van der Waals surface area (Å²) in [5, 5.41) is 20.4. The second-order valence-electron chi connectivity index (χ2n) is 7.28. The van der Waals surface area contributed by atoms with Gasteiger partial charge in [-0.25, -0.2) is 0 Å². The minimum absolute atomic E-state index is 0.0431. The molecule has 4 rings (SSSR count). The molecule has 1 amide bonds. The molecular formula is C26H23N5O3S. The molecule has 1 heterocycles. The molecule has 0 aliphatic heterocycles. The van der Waals surface area contributed by atoms with Gasteiger partial charge in [-0.2, -0.15) is 5.26 Å². The predicted octanol–water partition coefficient (Wildman–Crippen LogP) is 4.25. The Balaban J connectivity index is 1.63. The van der Waals surface area contributed by atoms with Crippen LogP contribution in [-0.4, -0.2) is 40.1 Å². The SMILES string of the molecule is COc1ccccc1-n1c(COc2ccccc2-c2ccccc2)nnc1SCC(=O)NCC#N. The molecule has 0 bridgehead atoms. The highest BCUT2D eigenvalue weighted by Gasteiger charge is 2.19. The number of ether oxygens (including phenoxy) is 2. The summed E-state index contributed by atoms with van der Waals surface area (Å²) in [5.41, 5.74) is 2.75. The summed E-state index contributed by atoms with van der Waals surface area (Å²) < 4.78 is 13.6. The van der Waals surface area contributed by atoms with Gasteiger partial charge < -0.3 is 14.8 Å². The van der Waals surface area contributed by atoms with E-state index in [1.54, 1.807) is 7.11 Å². The third-order valence-corrected chi connectivity index (χ3v) is 5.98. The molecular weight excluding hydrogens is 462 g/mol. The minimum Gasteiger partial charge on any atom is -0.495 e. The zero-order valence-electron chi connectivity index (χ0n) is 19.0. The van der Waals surface area contributed by atoms with E-state index in [1.165, 1.54) is 11.8 Å². The fourth-order valence-corrected chi connectivity index (χ4v) is 4.25. The summed E-state index contributed by atoms with van der Waals surface area (Å²) in [4.78, 5) is 12.0. The van der Waals surface area contributed by atoms with Gasteiger partial charge in [-0.15, -0.1) is 10.2 Å². The van der Waals surface area contributed by atoms with Crippen LogP contribution in [0.2, 0.25) is 0 Å². The Hall–Kier alpha value is -4.29. The summed E-state index contributed by atoms with van der Waals surface area (Å²) in [6, 6.07) is 27.2. The average molecular weight is 486 g/mol. The molecule has 9 heteroatoms. The van der Waals surface area contributed by atoms with Gasteiger partial charge in [0.1, 0.15) is 24.7 Å². The Morgan fingerprint density at radius 3 is 2.49 bits per heavy atom. The number of thioether (sulfide) groups is 1. The minimum atomic E-state index is -0.263. The van der Waals surface area contributed by atoms with E-state index in [1.807, 2.05) is 89.5 Å². The van der Waals surface area contributed by atoms with Crippen LogP contribution >= 0.6 is 11.8 Å². The first kappa shape index (κ1) is 23.9. The van der Waals surface area contributed by atoms with E-state index < -0.39 is 0 Å². The normalized spacial score (nSPS) is 10.4. The van der Waals surface area contributed by atoms with Crippen molar-refractivity contribution in [3.05, 3.63) is 84.7 Å². The van der Waals surface area contributed by atoms with Crippen LogP contribution in [0.1, 0.15) is 5.82 Å². The number of para-hydroxylation sites is 3. The fourth-order valence-electron chi connectivity index (χ4n) is 3.45. The van der Waals surface area contributed by atoms with Crippen LogP contribution in [0.3, 0.4) is 0 Å². The van der Waals surface area contributed by atoms with Gasteiger partial charge in [-0.05, 0) is 23.8 Å². The zero-order valence-corrected chi connectivity index (χ0v) is 19.9. The molecule has 176 valence electrons. The summed E-state index contributed by atoms with van der Waals surface area (Å²) >= 11 is 1.22. The standard InChI is InChI=1S/C26H23N5O3S/c1-33-23-14-8-6-12-21(23)31-24(29-30-26(31)35-18-25(32)28-16-15-27)17-34-22-13-7-5-11-20(22)19-9-3-2-4-10-19/h2-14H,16-18H2,1H3,(H,28,32). The Kier molecular flexibility index (Phi) is 7.99. The summed E-state index contributed by atoms with van der Waals surface area (Å²) in [6.07, 6.45) is 0. The molecule has 1 N–H and O–H groups in total. The Labute approximate surface area is 207 Å². The third-order valence-electron chi connectivity index (χ3n) is 5.05. The molecule has 0 saturated heterocycles. The van der Waals surface area contributed by atoms with E-state index in [0.29, 0.717) is 16.7 Å². The number of hydrogen-bond acceptors (Lipinski definition) is 7. The summed E-state index contributed by atoms with van der Waals surface area (Å²) in [7, 11) is 1.59. The first-order chi connectivity index (χ1) is 17.2. The van der Waals surface area contributed by atoms with Crippen molar-refractivity contribution < 1.29 is 14.3 Å². The first-order valence-electron chi connectivity index (χ1n) is 10.8. The first-order valence-corrected chi connectivity index (χ1v) is 11.8. The summed E-state index contributed by atoms with van der Waals surface area (Å²) in [5.74, 6) is 1.73. The van der Waals surface area contributed by atoms with Crippen LogP contribution in [0.4, 0.5) is 0 Å². The van der Waals surface area contributed by atoms with E-state index in [4.69, 9.17) is 14.7 Å². The maximum atomic E-state index is 12.0. The average Bonchev–Trinajstić information content (AvgIpc) is 3.32. The number of nitrogens with zero attached hydrogens (tertiary/aromatic N) is 4. The largest absolute Gasteiger partial charge is 0.495 e. The molecule has 1 aromatic heterocycles. The summed E-state index contributed by atoms with van der Waals surface area (Å²) in [6.45, 7) is 0.106. The lowest BCUT2D eigenvalue weighted by molar-refractivity contribution is -0.118. The van der Waals surface area contributed by atoms with Crippen LogP contribution < -0.4 is 14.8 Å². The third kappa shape index (κ3) is 5.80. The predicted molar refractivity (Wildman–Crippen MR) is 133 cm³/mol. The van der Waals surface area contributed by atoms with Gasteiger partial charge in [0.2, 0.25) is 5.91 Å². The van der Waals surface area contributed by atoms with Crippen LogP contribution in [0.5, 0.6) is 11.5 Å². The van der Waals surface area contributed by atoms with E-state index >= 15 is 0 Å². The van der Waals surface area contributed by atoms with Crippen molar-refractivity contribution in [2.45, 2.75) is 11.8 Å². The maximum Gasteiger partial charge on any atom is 0.231 e. The number of amides is 1. The second kappa shape index (κ2) is 11.7. The van der Waals surface area contributed by atoms with Crippen molar-refractivity contribution in [3.63, 3.8) is 0 Å². The van der Waals surface area contributed by atoms with Crippen molar-refractivity contribution in [1.82, 2.24) is 20.1 Å². The Morgan fingerprint density at radius 1 is 1.00 bits per heavy atom. The van der Waals surface area contributed by atoms with Crippen molar-refractivity contribution in [3.8, 4) is 34.4 Å². The highest BCUT2D eigenvalue weighted by atomic mass is 32.2. The molecule has 0 fully saturated rings. The molecule has 0 saturated carbocycles. The van der Waals surface area contributed by atoms with E-state index in [2.05, 4.69) is 15.5 Å². The molecule has 0 unspecified atom stereocenters. The number of aromatic nitrogens is 3. The molecule has 8 nitrogen and oxygen atoms in total. The number of carbonyl (C=O) groups excluding carboxylic acids is 1. The quantitative estimate of drug-likeness (QED) is 0.265. The van der Waals surface area contributed by atoms with Gasteiger partial charge in [0.25, 0.3) is 0 Å². The van der Waals surface area contributed by atoms with Gasteiger partial charge >= 0.3 is 0 Å². The second-order valence-corrected chi connectivity index (χ2v) is 8.22. The molecule has 0 aliphatic rings. The molecule has 3 aromatic carbocycles. The fraction of sp³-hybridized carbons (Fsp3) is 0.154. The monoisotopic (exact) mass is 485 g/mol. The number of rotatable bonds is 10. The van der Waals surface area contributed by atoms with Gasteiger partial charge in [-0.1, -0.05) is 72.4 Å². The lowest BCUT2D eigenvalue weighted by Crippen LogP contribution is -2.25. The Bertz CT molecular complexity index is 1330. The lowest BCUT2D eigenvalue weighted by Gasteiger charge is -2.15. The van der Waals surface area contributed by atoms with E-state index in [-0.39, 0.29) is 24.8 Å². The van der Waals surface area contributed by atoms with Gasteiger partial charge in [0.05, 0.1) is 24.6 Å². The van der Waals surface area contributed by atoms with E-state index in [0.717, 1.165) is 22.6 Å². The zero-order chi connectivity index (χ0) is 24.5. The number of carbonyl (C=O) groups is 1.